The molecule has 1 heterocycles. The van der Waals surface area contributed by atoms with E-state index in [0.29, 0.717) is 5.69 Å². The van der Waals surface area contributed by atoms with Gasteiger partial charge >= 0.3 is 0 Å². The third-order valence-corrected chi connectivity index (χ3v) is 1.00. The second-order valence-corrected chi connectivity index (χ2v) is 1.78. The van der Waals surface area contributed by atoms with Crippen LogP contribution in [-0.4, -0.2) is 4.98 Å². The zero-order chi connectivity index (χ0) is 8.69. The van der Waals surface area contributed by atoms with Gasteiger partial charge in [0.1, 0.15) is 11.8 Å². The van der Waals surface area contributed by atoms with Crippen LogP contribution in [0.5, 0.6) is 0 Å². The van der Waals surface area contributed by atoms with Crippen molar-refractivity contribution in [1.82, 2.24) is 4.98 Å². The number of hydrogen-bond donors (Lipinski definition) is 0. The molecule has 0 amide bonds. The maximum absolute atomic E-state index is 8.35. The van der Waals surface area contributed by atoms with Crippen LogP contribution in [0.15, 0.2) is 18.2 Å². The Bertz CT molecular complexity index is 248. The average molecular weight is 148 g/mol. The van der Waals surface area contributed by atoms with E-state index in [9.17, 15) is 0 Å². The Morgan fingerprint density at radius 1 is 1.36 bits per heavy atom. The number of nitrogens with zero attached hydrogens (tertiary/aromatic N) is 2. The molecule has 0 bridgehead atoms. The molecule has 1 aromatic heterocycles. The SMILES string of the molecule is CC.Cc1cccc(C#N)n1. The Kier molecular flexibility index (Phi) is 4.76. The second-order valence-electron chi connectivity index (χ2n) is 1.78. The smallest absolute Gasteiger partial charge is 0.140 e. The van der Waals surface area contributed by atoms with Gasteiger partial charge in [-0.1, -0.05) is 19.9 Å². The maximum atomic E-state index is 8.35. The molecule has 0 unspecified atom stereocenters. The number of hydrogen-bond acceptors (Lipinski definition) is 2. The van der Waals surface area contributed by atoms with Gasteiger partial charge in [0.05, 0.1) is 0 Å². The van der Waals surface area contributed by atoms with Gasteiger partial charge < -0.3 is 0 Å². The lowest BCUT2D eigenvalue weighted by Gasteiger charge is -1.88. The minimum absolute atomic E-state index is 0.481. The molecule has 0 aliphatic heterocycles. The summed E-state index contributed by atoms with van der Waals surface area (Å²) in [5, 5.41) is 8.35. The fraction of sp³-hybridized carbons (Fsp3) is 0.333. The first-order valence-electron chi connectivity index (χ1n) is 3.66. The fourth-order valence-corrected chi connectivity index (χ4v) is 0.605. The molecular weight excluding hydrogens is 136 g/mol. The highest BCUT2D eigenvalue weighted by Gasteiger charge is 1.87. The highest BCUT2D eigenvalue weighted by atomic mass is 14.7. The normalized spacial score (nSPS) is 7.45. The molecule has 0 atom stereocenters. The van der Waals surface area contributed by atoms with Crippen LogP contribution in [0.3, 0.4) is 0 Å². The Hall–Kier alpha value is -1.36. The summed E-state index contributed by atoms with van der Waals surface area (Å²) in [6.45, 7) is 5.86. The minimum Gasteiger partial charge on any atom is -0.242 e. The quantitative estimate of drug-likeness (QED) is 0.566. The van der Waals surface area contributed by atoms with E-state index in [4.69, 9.17) is 5.26 Å². The van der Waals surface area contributed by atoms with Crippen LogP contribution in [0, 0.1) is 18.3 Å². The van der Waals surface area contributed by atoms with Gasteiger partial charge in [-0.2, -0.15) is 5.26 Å². The summed E-state index contributed by atoms with van der Waals surface area (Å²) in [5.74, 6) is 0. The zero-order valence-electron chi connectivity index (χ0n) is 7.13. The number of aromatic nitrogens is 1. The van der Waals surface area contributed by atoms with Crippen LogP contribution < -0.4 is 0 Å². The lowest BCUT2D eigenvalue weighted by molar-refractivity contribution is 1.17. The molecule has 0 aliphatic rings. The van der Waals surface area contributed by atoms with Crippen LogP contribution in [-0.2, 0) is 0 Å². The van der Waals surface area contributed by atoms with Crippen molar-refractivity contribution in [3.8, 4) is 6.07 Å². The average Bonchev–Trinajstić information content (AvgIpc) is 2.08. The van der Waals surface area contributed by atoms with Gasteiger partial charge in [-0.05, 0) is 19.1 Å². The Balaban J connectivity index is 0.000000461. The van der Waals surface area contributed by atoms with Crippen molar-refractivity contribution in [2.24, 2.45) is 0 Å². The van der Waals surface area contributed by atoms with Crippen LogP contribution in [0.4, 0.5) is 0 Å². The van der Waals surface area contributed by atoms with Gasteiger partial charge in [-0.25, -0.2) is 4.98 Å². The first kappa shape index (κ1) is 9.64. The predicted molar refractivity (Wildman–Crippen MR) is 45.0 cm³/mol. The van der Waals surface area contributed by atoms with Crippen molar-refractivity contribution in [3.05, 3.63) is 29.6 Å². The number of rotatable bonds is 0. The van der Waals surface area contributed by atoms with Gasteiger partial charge in [-0.15, -0.1) is 0 Å². The molecule has 0 saturated heterocycles. The van der Waals surface area contributed by atoms with Crippen molar-refractivity contribution >= 4 is 0 Å². The zero-order valence-corrected chi connectivity index (χ0v) is 7.13. The first-order valence-corrected chi connectivity index (χ1v) is 3.66. The summed E-state index contributed by atoms with van der Waals surface area (Å²) < 4.78 is 0. The Labute approximate surface area is 67.5 Å². The van der Waals surface area contributed by atoms with Crippen LogP contribution >= 0.6 is 0 Å². The molecule has 0 radical (unpaired) electrons. The molecular formula is C9H12N2. The lowest BCUT2D eigenvalue weighted by atomic mass is 10.3. The summed E-state index contributed by atoms with van der Waals surface area (Å²) in [6, 6.07) is 7.33. The van der Waals surface area contributed by atoms with E-state index in [1.54, 1.807) is 6.07 Å². The second kappa shape index (κ2) is 5.43. The van der Waals surface area contributed by atoms with Crippen LogP contribution in [0.25, 0.3) is 0 Å². The molecule has 58 valence electrons. The van der Waals surface area contributed by atoms with Crippen LogP contribution in [0.2, 0.25) is 0 Å². The summed E-state index contributed by atoms with van der Waals surface area (Å²) >= 11 is 0. The van der Waals surface area contributed by atoms with Crippen molar-refractivity contribution in [3.63, 3.8) is 0 Å². The molecule has 0 fully saturated rings. The lowest BCUT2D eigenvalue weighted by Crippen LogP contribution is -1.83. The highest BCUT2D eigenvalue weighted by molar-refractivity contribution is 5.21. The minimum atomic E-state index is 0.481. The van der Waals surface area contributed by atoms with E-state index < -0.39 is 0 Å². The van der Waals surface area contributed by atoms with E-state index in [1.807, 2.05) is 39.0 Å². The largest absolute Gasteiger partial charge is 0.242 e. The Morgan fingerprint density at radius 3 is 2.36 bits per heavy atom. The standard InChI is InChI=1S/C7H6N2.C2H6/c1-6-3-2-4-7(5-8)9-6;1-2/h2-4H,1H3;1-2H3. The van der Waals surface area contributed by atoms with E-state index >= 15 is 0 Å². The molecule has 1 aromatic rings. The highest BCUT2D eigenvalue weighted by Crippen LogP contribution is 1.94. The number of pyridine rings is 1. The predicted octanol–water partition coefficient (Wildman–Crippen LogP) is 2.29. The third-order valence-electron chi connectivity index (χ3n) is 1.00. The molecule has 0 saturated carbocycles. The van der Waals surface area contributed by atoms with E-state index in [0.717, 1.165) is 5.69 Å². The topological polar surface area (TPSA) is 36.7 Å². The molecule has 0 spiro atoms. The number of nitriles is 1. The summed E-state index contributed by atoms with van der Waals surface area (Å²) in [7, 11) is 0. The molecule has 0 aromatic carbocycles. The summed E-state index contributed by atoms with van der Waals surface area (Å²) in [5.41, 5.74) is 1.36. The van der Waals surface area contributed by atoms with Gasteiger partial charge in [0.25, 0.3) is 0 Å². The Morgan fingerprint density at radius 2 is 2.00 bits per heavy atom. The molecule has 0 aliphatic carbocycles. The van der Waals surface area contributed by atoms with Gasteiger partial charge in [0.15, 0.2) is 0 Å². The van der Waals surface area contributed by atoms with E-state index in [1.165, 1.54) is 0 Å². The molecule has 2 heteroatoms. The molecule has 0 N–H and O–H groups in total. The van der Waals surface area contributed by atoms with Gasteiger partial charge in [-0.3, -0.25) is 0 Å². The first-order chi connectivity index (χ1) is 5.33. The fourth-order valence-electron chi connectivity index (χ4n) is 0.605. The number of aryl methyl sites for hydroxylation is 1. The molecule has 11 heavy (non-hydrogen) atoms. The van der Waals surface area contributed by atoms with Crippen molar-refractivity contribution < 1.29 is 0 Å². The van der Waals surface area contributed by atoms with Crippen molar-refractivity contribution in [1.29, 1.82) is 5.26 Å². The van der Waals surface area contributed by atoms with Crippen LogP contribution in [0.1, 0.15) is 25.2 Å². The maximum Gasteiger partial charge on any atom is 0.140 e. The van der Waals surface area contributed by atoms with Crippen molar-refractivity contribution in [2.75, 3.05) is 0 Å². The monoisotopic (exact) mass is 148 g/mol. The van der Waals surface area contributed by atoms with Gasteiger partial charge in [0.2, 0.25) is 0 Å². The third kappa shape index (κ3) is 3.36. The van der Waals surface area contributed by atoms with Gasteiger partial charge in [0, 0.05) is 5.69 Å². The molecule has 1 rings (SSSR count). The molecule has 2 nitrogen and oxygen atoms in total. The summed E-state index contributed by atoms with van der Waals surface area (Å²) in [6.07, 6.45) is 0. The summed E-state index contributed by atoms with van der Waals surface area (Å²) in [4.78, 5) is 3.93. The van der Waals surface area contributed by atoms with Crippen molar-refractivity contribution in [2.45, 2.75) is 20.8 Å². The van der Waals surface area contributed by atoms with E-state index in [-0.39, 0.29) is 0 Å². The van der Waals surface area contributed by atoms with E-state index in [2.05, 4.69) is 4.98 Å².